The molecule has 1 heterocycles. The zero-order chi connectivity index (χ0) is 20.1. The molecular formula is C21H22N2O5. The lowest BCUT2D eigenvalue weighted by Crippen LogP contribution is -2.44. The van der Waals surface area contributed by atoms with Gasteiger partial charge in [-0.05, 0) is 37.1 Å². The number of ether oxygens (including phenoxy) is 2. The Kier molecular flexibility index (Phi) is 5.93. The summed E-state index contributed by atoms with van der Waals surface area (Å²) in [5.74, 6) is -0.992. The van der Waals surface area contributed by atoms with Gasteiger partial charge in [0.2, 0.25) is 0 Å². The summed E-state index contributed by atoms with van der Waals surface area (Å²) < 4.78 is 10.9. The van der Waals surface area contributed by atoms with E-state index in [2.05, 4.69) is 10.3 Å². The van der Waals surface area contributed by atoms with Crippen molar-refractivity contribution in [1.29, 1.82) is 0 Å². The second kappa shape index (κ2) is 8.56. The van der Waals surface area contributed by atoms with Crippen molar-refractivity contribution in [2.45, 2.75) is 26.5 Å². The first-order valence-electron chi connectivity index (χ1n) is 9.01. The maximum Gasteiger partial charge on any atom is 0.341 e. The number of hydrogen-bond acceptors (Lipinski definition) is 5. The van der Waals surface area contributed by atoms with Gasteiger partial charge in [-0.1, -0.05) is 36.4 Å². The third-order valence-electron chi connectivity index (χ3n) is 4.46. The highest BCUT2D eigenvalue weighted by atomic mass is 16.5. The van der Waals surface area contributed by atoms with Crippen LogP contribution in [0.1, 0.15) is 31.0 Å². The first kappa shape index (κ1) is 19.4. The Morgan fingerprint density at radius 1 is 1.21 bits per heavy atom. The van der Waals surface area contributed by atoms with E-state index in [0.717, 1.165) is 5.56 Å². The van der Waals surface area contributed by atoms with E-state index < -0.39 is 24.0 Å². The van der Waals surface area contributed by atoms with Crippen LogP contribution in [0.3, 0.4) is 0 Å². The topological polar surface area (TPSA) is 97.2 Å². The molecule has 0 fully saturated rings. The SMILES string of the molecule is CCOc1cc(C2NC(=O)N=C(C)C2C(=O)OCc2ccccc2)ccc1O. The molecule has 2 atom stereocenters. The number of nitrogens with one attached hydrogen (secondary N) is 1. The molecule has 28 heavy (non-hydrogen) atoms. The van der Waals surface area contributed by atoms with Gasteiger partial charge < -0.3 is 19.9 Å². The number of carbonyl (C=O) groups is 2. The average Bonchev–Trinajstić information content (AvgIpc) is 2.68. The number of amides is 2. The Labute approximate surface area is 163 Å². The molecule has 0 spiro atoms. The highest BCUT2D eigenvalue weighted by Crippen LogP contribution is 2.34. The molecule has 2 amide bonds. The van der Waals surface area contributed by atoms with Gasteiger partial charge in [0.15, 0.2) is 11.5 Å². The van der Waals surface area contributed by atoms with Crippen LogP contribution in [0.5, 0.6) is 11.5 Å². The van der Waals surface area contributed by atoms with E-state index in [1.165, 1.54) is 6.07 Å². The molecule has 7 nitrogen and oxygen atoms in total. The molecule has 0 aromatic heterocycles. The predicted molar refractivity (Wildman–Crippen MR) is 103 cm³/mol. The monoisotopic (exact) mass is 382 g/mol. The maximum atomic E-state index is 12.8. The average molecular weight is 382 g/mol. The molecular weight excluding hydrogens is 360 g/mol. The van der Waals surface area contributed by atoms with Crippen molar-refractivity contribution >= 4 is 17.7 Å². The Balaban J connectivity index is 1.86. The molecule has 7 heteroatoms. The number of benzene rings is 2. The molecule has 146 valence electrons. The minimum absolute atomic E-state index is 0.0127. The van der Waals surface area contributed by atoms with Crippen molar-refractivity contribution in [1.82, 2.24) is 5.32 Å². The van der Waals surface area contributed by atoms with Gasteiger partial charge in [-0.3, -0.25) is 4.79 Å². The zero-order valence-electron chi connectivity index (χ0n) is 15.7. The van der Waals surface area contributed by atoms with E-state index in [-0.39, 0.29) is 18.1 Å². The molecule has 0 saturated heterocycles. The van der Waals surface area contributed by atoms with Gasteiger partial charge in [-0.15, -0.1) is 0 Å². The fraction of sp³-hybridized carbons (Fsp3) is 0.286. The van der Waals surface area contributed by atoms with Gasteiger partial charge in [0.05, 0.1) is 12.6 Å². The van der Waals surface area contributed by atoms with Crippen LogP contribution in [0.25, 0.3) is 0 Å². The lowest BCUT2D eigenvalue weighted by molar-refractivity contribution is -0.148. The molecule has 0 aliphatic carbocycles. The Morgan fingerprint density at radius 2 is 1.96 bits per heavy atom. The summed E-state index contributed by atoms with van der Waals surface area (Å²) in [4.78, 5) is 28.6. The summed E-state index contributed by atoms with van der Waals surface area (Å²) in [7, 11) is 0. The number of hydrogen-bond donors (Lipinski definition) is 2. The minimum Gasteiger partial charge on any atom is -0.504 e. The fourth-order valence-electron chi connectivity index (χ4n) is 3.12. The third kappa shape index (κ3) is 4.31. The highest BCUT2D eigenvalue weighted by Gasteiger charge is 2.38. The van der Waals surface area contributed by atoms with E-state index in [9.17, 15) is 14.7 Å². The summed E-state index contributed by atoms with van der Waals surface area (Å²) in [6, 6.07) is 12.9. The molecule has 2 aromatic carbocycles. The van der Waals surface area contributed by atoms with Crippen molar-refractivity contribution in [3.8, 4) is 11.5 Å². The summed E-state index contributed by atoms with van der Waals surface area (Å²) in [6.45, 7) is 3.93. The van der Waals surface area contributed by atoms with Crippen LogP contribution in [0.4, 0.5) is 4.79 Å². The Hall–Kier alpha value is -3.35. The third-order valence-corrected chi connectivity index (χ3v) is 4.46. The van der Waals surface area contributed by atoms with Crippen LogP contribution in [0, 0.1) is 5.92 Å². The van der Waals surface area contributed by atoms with Gasteiger partial charge >= 0.3 is 12.0 Å². The van der Waals surface area contributed by atoms with Crippen LogP contribution in [-0.2, 0) is 16.1 Å². The predicted octanol–water partition coefficient (Wildman–Crippen LogP) is 3.38. The molecule has 0 radical (unpaired) electrons. The van der Waals surface area contributed by atoms with E-state index in [0.29, 0.717) is 17.9 Å². The second-order valence-corrected chi connectivity index (χ2v) is 6.41. The Morgan fingerprint density at radius 3 is 2.68 bits per heavy atom. The van der Waals surface area contributed by atoms with Crippen LogP contribution >= 0.6 is 0 Å². The van der Waals surface area contributed by atoms with Gasteiger partial charge in [0.25, 0.3) is 0 Å². The quantitative estimate of drug-likeness (QED) is 0.747. The molecule has 3 rings (SSSR count). The van der Waals surface area contributed by atoms with Crippen LogP contribution < -0.4 is 10.1 Å². The van der Waals surface area contributed by atoms with Crippen molar-refractivity contribution in [2.24, 2.45) is 10.9 Å². The van der Waals surface area contributed by atoms with E-state index >= 15 is 0 Å². The second-order valence-electron chi connectivity index (χ2n) is 6.41. The molecule has 1 aliphatic heterocycles. The van der Waals surface area contributed by atoms with E-state index in [4.69, 9.17) is 9.47 Å². The molecule has 2 aromatic rings. The van der Waals surface area contributed by atoms with Gasteiger partial charge in [0.1, 0.15) is 12.5 Å². The number of phenols is 1. The number of nitrogens with zero attached hydrogens (tertiary/aromatic N) is 1. The summed E-state index contributed by atoms with van der Waals surface area (Å²) >= 11 is 0. The smallest absolute Gasteiger partial charge is 0.341 e. The van der Waals surface area contributed by atoms with Gasteiger partial charge in [-0.2, -0.15) is 0 Å². The van der Waals surface area contributed by atoms with E-state index in [1.54, 1.807) is 26.0 Å². The first-order valence-corrected chi connectivity index (χ1v) is 9.01. The number of aromatic hydroxyl groups is 1. The van der Waals surface area contributed by atoms with Crippen molar-refractivity contribution in [2.75, 3.05) is 6.61 Å². The standard InChI is InChI=1S/C21H22N2O5/c1-3-27-17-11-15(9-10-16(17)24)19-18(13(2)22-21(26)23-19)20(25)28-12-14-7-5-4-6-8-14/h4-11,18-19,24H,3,12H2,1-2H3,(H,23,26). The lowest BCUT2D eigenvalue weighted by Gasteiger charge is -2.30. The van der Waals surface area contributed by atoms with E-state index in [1.807, 2.05) is 30.3 Å². The maximum absolute atomic E-state index is 12.8. The van der Waals surface area contributed by atoms with Gasteiger partial charge in [-0.25, -0.2) is 9.79 Å². The minimum atomic E-state index is -0.777. The number of urea groups is 1. The van der Waals surface area contributed by atoms with Crippen molar-refractivity contribution in [3.63, 3.8) is 0 Å². The van der Waals surface area contributed by atoms with Crippen LogP contribution in [0.2, 0.25) is 0 Å². The number of esters is 1. The van der Waals surface area contributed by atoms with Crippen LogP contribution in [0.15, 0.2) is 53.5 Å². The first-order chi connectivity index (χ1) is 13.5. The molecule has 2 unspecified atom stereocenters. The summed E-state index contributed by atoms with van der Waals surface area (Å²) in [6.07, 6.45) is 0. The number of carbonyl (C=O) groups excluding carboxylic acids is 2. The van der Waals surface area contributed by atoms with Gasteiger partial charge in [0, 0.05) is 5.71 Å². The molecule has 2 N–H and O–H groups in total. The normalized spacial score (nSPS) is 18.8. The van der Waals surface area contributed by atoms with Crippen LogP contribution in [-0.4, -0.2) is 29.4 Å². The number of aliphatic imine (C=N–C) groups is 1. The number of phenolic OH excluding ortho intramolecular Hbond substituents is 1. The lowest BCUT2D eigenvalue weighted by atomic mass is 9.88. The van der Waals surface area contributed by atoms with Crippen molar-refractivity contribution < 1.29 is 24.2 Å². The Bertz CT molecular complexity index is 895. The summed E-state index contributed by atoms with van der Waals surface area (Å²) in [5, 5.41) is 12.6. The molecule has 0 bridgehead atoms. The van der Waals surface area contributed by atoms with Crippen molar-refractivity contribution in [3.05, 3.63) is 59.7 Å². The molecule has 0 saturated carbocycles. The number of rotatable bonds is 6. The summed E-state index contributed by atoms with van der Waals surface area (Å²) in [5.41, 5.74) is 1.86. The zero-order valence-corrected chi connectivity index (χ0v) is 15.7. The fourth-order valence-corrected chi connectivity index (χ4v) is 3.12. The highest BCUT2D eigenvalue weighted by molar-refractivity contribution is 6.08. The molecule has 1 aliphatic rings. The largest absolute Gasteiger partial charge is 0.504 e.